The molecule has 2 aliphatic rings. The standard InChI is InChI=1S/C16H18ClNO3/c17-13-3-1-12(2-4-13)16(7-8-16)15(21)18-9-5-11(6-10-18)14(19)20/h1-4,11H,5-10H2,(H,19,20). The number of piperidine rings is 1. The summed E-state index contributed by atoms with van der Waals surface area (Å²) >= 11 is 5.91. The van der Waals surface area contributed by atoms with E-state index in [1.165, 1.54) is 0 Å². The summed E-state index contributed by atoms with van der Waals surface area (Å²) in [6, 6.07) is 7.50. The van der Waals surface area contributed by atoms with Crippen molar-refractivity contribution in [3.05, 3.63) is 34.9 Å². The van der Waals surface area contributed by atoms with Gasteiger partial charge in [-0.05, 0) is 43.4 Å². The molecule has 112 valence electrons. The fourth-order valence-corrected chi connectivity index (χ4v) is 3.28. The van der Waals surface area contributed by atoms with E-state index in [-0.39, 0.29) is 17.2 Å². The van der Waals surface area contributed by atoms with Crippen LogP contribution in [-0.4, -0.2) is 35.0 Å². The van der Waals surface area contributed by atoms with Crippen molar-refractivity contribution in [3.63, 3.8) is 0 Å². The zero-order chi connectivity index (χ0) is 15.0. The van der Waals surface area contributed by atoms with Crippen molar-refractivity contribution >= 4 is 23.5 Å². The minimum Gasteiger partial charge on any atom is -0.481 e. The zero-order valence-electron chi connectivity index (χ0n) is 11.7. The van der Waals surface area contributed by atoms with Crippen molar-refractivity contribution < 1.29 is 14.7 Å². The fourth-order valence-electron chi connectivity index (χ4n) is 3.15. The number of nitrogens with zero attached hydrogens (tertiary/aromatic N) is 1. The molecule has 2 fully saturated rings. The Morgan fingerprint density at radius 3 is 2.19 bits per heavy atom. The molecule has 4 nitrogen and oxygen atoms in total. The van der Waals surface area contributed by atoms with Gasteiger partial charge in [0.05, 0.1) is 11.3 Å². The molecule has 1 heterocycles. The van der Waals surface area contributed by atoms with E-state index in [1.54, 1.807) is 0 Å². The third-order valence-corrected chi connectivity index (χ3v) is 4.94. The van der Waals surface area contributed by atoms with Crippen molar-refractivity contribution in [1.29, 1.82) is 0 Å². The summed E-state index contributed by atoms with van der Waals surface area (Å²) in [7, 11) is 0. The molecule has 21 heavy (non-hydrogen) atoms. The van der Waals surface area contributed by atoms with Crippen molar-refractivity contribution in [2.75, 3.05) is 13.1 Å². The predicted molar refractivity (Wildman–Crippen MR) is 79.3 cm³/mol. The number of carbonyl (C=O) groups excluding carboxylic acids is 1. The van der Waals surface area contributed by atoms with E-state index < -0.39 is 5.97 Å². The first kappa shape index (κ1) is 14.4. The molecule has 0 radical (unpaired) electrons. The Morgan fingerprint density at radius 1 is 1.14 bits per heavy atom. The van der Waals surface area contributed by atoms with Gasteiger partial charge in [0.25, 0.3) is 0 Å². The van der Waals surface area contributed by atoms with Gasteiger partial charge in [0.2, 0.25) is 5.91 Å². The van der Waals surface area contributed by atoms with Crippen LogP contribution in [0.5, 0.6) is 0 Å². The number of aliphatic carboxylic acids is 1. The van der Waals surface area contributed by atoms with E-state index >= 15 is 0 Å². The number of carbonyl (C=O) groups is 2. The molecule has 1 N–H and O–H groups in total. The van der Waals surface area contributed by atoms with Crippen molar-refractivity contribution in [2.45, 2.75) is 31.1 Å². The lowest BCUT2D eigenvalue weighted by Gasteiger charge is -2.33. The first-order chi connectivity index (χ1) is 10.0. The van der Waals surface area contributed by atoms with Gasteiger partial charge in [-0.3, -0.25) is 9.59 Å². The second kappa shape index (κ2) is 5.34. The lowest BCUT2D eigenvalue weighted by Crippen LogP contribution is -2.45. The molecule has 0 aromatic heterocycles. The molecule has 1 aromatic rings. The van der Waals surface area contributed by atoms with E-state index in [9.17, 15) is 9.59 Å². The number of halogens is 1. The lowest BCUT2D eigenvalue weighted by atomic mass is 9.91. The lowest BCUT2D eigenvalue weighted by molar-refractivity contribution is -0.146. The van der Waals surface area contributed by atoms with E-state index in [1.807, 2.05) is 29.2 Å². The number of carboxylic acids is 1. The Hall–Kier alpha value is -1.55. The van der Waals surface area contributed by atoms with Crippen LogP contribution in [0.3, 0.4) is 0 Å². The summed E-state index contributed by atoms with van der Waals surface area (Å²) in [5, 5.41) is 9.69. The SMILES string of the molecule is O=C(O)C1CCN(C(=O)C2(c3ccc(Cl)cc3)CC2)CC1. The highest BCUT2D eigenvalue weighted by Crippen LogP contribution is 2.50. The molecule has 5 heteroatoms. The number of hydrogen-bond acceptors (Lipinski definition) is 2. The Labute approximate surface area is 128 Å². The van der Waals surface area contributed by atoms with Gasteiger partial charge in [-0.1, -0.05) is 23.7 Å². The van der Waals surface area contributed by atoms with Crippen LogP contribution in [0, 0.1) is 5.92 Å². The Kier molecular flexibility index (Phi) is 3.66. The molecular weight excluding hydrogens is 290 g/mol. The highest BCUT2D eigenvalue weighted by Gasteiger charge is 2.53. The van der Waals surface area contributed by atoms with Crippen molar-refractivity contribution in [2.24, 2.45) is 5.92 Å². The summed E-state index contributed by atoms with van der Waals surface area (Å²) in [5.74, 6) is -0.908. The van der Waals surface area contributed by atoms with E-state index in [0.29, 0.717) is 31.0 Å². The fraction of sp³-hybridized carbons (Fsp3) is 0.500. The van der Waals surface area contributed by atoms with E-state index in [4.69, 9.17) is 16.7 Å². The monoisotopic (exact) mass is 307 g/mol. The molecule has 0 atom stereocenters. The third kappa shape index (κ3) is 2.64. The normalized spacial score (nSPS) is 21.1. The first-order valence-corrected chi connectivity index (χ1v) is 7.69. The second-order valence-corrected chi connectivity index (χ2v) is 6.43. The molecule has 0 spiro atoms. The van der Waals surface area contributed by atoms with E-state index in [0.717, 1.165) is 18.4 Å². The van der Waals surface area contributed by atoms with Crippen LogP contribution in [0.2, 0.25) is 5.02 Å². The maximum atomic E-state index is 12.8. The quantitative estimate of drug-likeness (QED) is 0.934. The molecule has 0 unspecified atom stereocenters. The van der Waals surface area contributed by atoms with Gasteiger partial charge < -0.3 is 10.0 Å². The van der Waals surface area contributed by atoms with Crippen LogP contribution < -0.4 is 0 Å². The Bertz CT molecular complexity index is 557. The third-order valence-electron chi connectivity index (χ3n) is 4.69. The van der Waals surface area contributed by atoms with Crippen LogP contribution in [0.25, 0.3) is 0 Å². The molecule has 1 aliphatic carbocycles. The number of likely N-dealkylation sites (tertiary alicyclic amines) is 1. The van der Waals surface area contributed by atoms with E-state index in [2.05, 4.69) is 0 Å². The molecule has 1 aliphatic heterocycles. The van der Waals surface area contributed by atoms with Gasteiger partial charge >= 0.3 is 5.97 Å². The maximum absolute atomic E-state index is 12.8. The molecule has 0 bridgehead atoms. The number of rotatable bonds is 3. The summed E-state index contributed by atoms with van der Waals surface area (Å²) in [6.07, 6.45) is 2.84. The highest BCUT2D eigenvalue weighted by molar-refractivity contribution is 6.30. The number of benzene rings is 1. The summed E-state index contributed by atoms with van der Waals surface area (Å²) in [6.45, 7) is 1.09. The first-order valence-electron chi connectivity index (χ1n) is 7.31. The molecule has 1 aromatic carbocycles. The Morgan fingerprint density at radius 2 is 1.71 bits per heavy atom. The van der Waals surface area contributed by atoms with Crippen LogP contribution in [0.1, 0.15) is 31.2 Å². The predicted octanol–water partition coefficient (Wildman–Crippen LogP) is 2.69. The van der Waals surface area contributed by atoms with Gasteiger partial charge in [-0.15, -0.1) is 0 Å². The minimum absolute atomic E-state index is 0.147. The van der Waals surface area contributed by atoms with Crippen molar-refractivity contribution in [1.82, 2.24) is 4.90 Å². The topological polar surface area (TPSA) is 57.6 Å². The van der Waals surface area contributed by atoms with Gasteiger partial charge in [-0.2, -0.15) is 0 Å². The number of hydrogen-bond donors (Lipinski definition) is 1. The smallest absolute Gasteiger partial charge is 0.306 e. The average molecular weight is 308 g/mol. The van der Waals surface area contributed by atoms with Crippen LogP contribution in [0.15, 0.2) is 24.3 Å². The van der Waals surface area contributed by atoms with Gasteiger partial charge in [0.15, 0.2) is 0 Å². The Balaban J connectivity index is 1.71. The highest BCUT2D eigenvalue weighted by atomic mass is 35.5. The summed E-state index contributed by atoms with van der Waals surface area (Å²) in [5.41, 5.74) is 0.637. The van der Waals surface area contributed by atoms with Crippen molar-refractivity contribution in [3.8, 4) is 0 Å². The zero-order valence-corrected chi connectivity index (χ0v) is 12.5. The van der Waals surface area contributed by atoms with Crippen LogP contribution >= 0.6 is 11.6 Å². The minimum atomic E-state index is -0.749. The van der Waals surface area contributed by atoms with Gasteiger partial charge in [-0.25, -0.2) is 0 Å². The molecule has 1 saturated carbocycles. The molecular formula is C16H18ClNO3. The van der Waals surface area contributed by atoms with Gasteiger partial charge in [0.1, 0.15) is 0 Å². The molecule has 1 amide bonds. The summed E-state index contributed by atoms with van der Waals surface area (Å²) < 4.78 is 0. The van der Waals surface area contributed by atoms with Crippen LogP contribution in [-0.2, 0) is 15.0 Å². The number of carboxylic acid groups (broad SMARTS) is 1. The number of amides is 1. The average Bonchev–Trinajstić information content (AvgIpc) is 3.29. The molecule has 3 rings (SSSR count). The maximum Gasteiger partial charge on any atom is 0.306 e. The van der Waals surface area contributed by atoms with Crippen LogP contribution in [0.4, 0.5) is 0 Å². The summed E-state index contributed by atoms with van der Waals surface area (Å²) in [4.78, 5) is 25.6. The second-order valence-electron chi connectivity index (χ2n) is 5.99. The largest absolute Gasteiger partial charge is 0.481 e. The van der Waals surface area contributed by atoms with Gasteiger partial charge in [0, 0.05) is 18.1 Å². The molecule has 1 saturated heterocycles.